The highest BCUT2D eigenvalue weighted by atomic mass is 19.1. The molecule has 2 aliphatic rings. The Hall–Kier alpha value is -2.96. The van der Waals surface area contributed by atoms with Crippen LogP contribution in [0, 0.1) is 12.7 Å². The standard InChI is InChI=1S/C21H21FN4O2/c1-12-9-16-17(25-21(2)7-8-21)23-18(24-19(16)28-12)20(27)26-10-14(11-26)13-3-5-15(22)6-4-13/h3-6,9,14H,7-8,10-11H2,1-2H3,(H,23,24,25). The van der Waals surface area contributed by atoms with Gasteiger partial charge in [0, 0.05) is 24.5 Å². The van der Waals surface area contributed by atoms with Crippen molar-refractivity contribution in [2.75, 3.05) is 18.4 Å². The van der Waals surface area contributed by atoms with Crippen molar-refractivity contribution in [2.45, 2.75) is 38.1 Å². The summed E-state index contributed by atoms with van der Waals surface area (Å²) < 4.78 is 18.8. The highest BCUT2D eigenvalue weighted by Gasteiger charge is 2.39. The number of benzene rings is 1. The molecule has 0 atom stereocenters. The molecule has 0 spiro atoms. The lowest BCUT2D eigenvalue weighted by Crippen LogP contribution is -2.49. The first-order valence-corrected chi connectivity index (χ1v) is 9.51. The average Bonchev–Trinajstić information content (AvgIpc) is 3.21. The zero-order valence-electron chi connectivity index (χ0n) is 15.8. The number of fused-ring (bicyclic) bond motifs is 1. The lowest BCUT2D eigenvalue weighted by Gasteiger charge is -2.39. The predicted octanol–water partition coefficient (Wildman–Crippen LogP) is 3.87. The summed E-state index contributed by atoms with van der Waals surface area (Å²) in [5.41, 5.74) is 1.49. The molecule has 0 unspecified atom stereocenters. The van der Waals surface area contributed by atoms with Crippen molar-refractivity contribution in [1.82, 2.24) is 14.9 Å². The molecule has 28 heavy (non-hydrogen) atoms. The number of anilines is 1. The first kappa shape index (κ1) is 17.2. The van der Waals surface area contributed by atoms with Crippen molar-refractivity contribution in [1.29, 1.82) is 0 Å². The number of aryl methyl sites for hydroxylation is 1. The number of carbonyl (C=O) groups is 1. The Labute approximate surface area is 161 Å². The molecule has 5 rings (SSSR count). The van der Waals surface area contributed by atoms with E-state index in [1.54, 1.807) is 17.0 Å². The van der Waals surface area contributed by atoms with Crippen LogP contribution < -0.4 is 5.32 Å². The summed E-state index contributed by atoms with van der Waals surface area (Å²) in [5.74, 6) is 1.28. The first-order valence-electron chi connectivity index (χ1n) is 9.51. The maximum Gasteiger partial charge on any atom is 0.291 e. The largest absolute Gasteiger partial charge is 0.443 e. The minimum absolute atomic E-state index is 0.0250. The van der Waals surface area contributed by atoms with E-state index >= 15 is 0 Å². The summed E-state index contributed by atoms with van der Waals surface area (Å²) in [6, 6.07) is 8.34. The Balaban J connectivity index is 1.38. The zero-order chi connectivity index (χ0) is 19.5. The van der Waals surface area contributed by atoms with Gasteiger partial charge < -0.3 is 14.6 Å². The molecule has 3 heterocycles. The van der Waals surface area contributed by atoms with Crippen LogP contribution in [0.2, 0.25) is 0 Å². The number of likely N-dealkylation sites (tertiary alicyclic amines) is 1. The van der Waals surface area contributed by atoms with Gasteiger partial charge in [-0.25, -0.2) is 9.37 Å². The van der Waals surface area contributed by atoms with Crippen LogP contribution in [0.3, 0.4) is 0 Å². The van der Waals surface area contributed by atoms with Crippen LogP contribution in [0.15, 0.2) is 34.7 Å². The third kappa shape index (κ3) is 3.00. The van der Waals surface area contributed by atoms with Crippen LogP contribution in [0.25, 0.3) is 11.1 Å². The van der Waals surface area contributed by atoms with Gasteiger partial charge in [0.2, 0.25) is 11.5 Å². The van der Waals surface area contributed by atoms with Crippen LogP contribution in [0.1, 0.15) is 47.6 Å². The summed E-state index contributed by atoms with van der Waals surface area (Å²) in [6.07, 6.45) is 2.15. The SMILES string of the molecule is Cc1cc2c(NC3(C)CC3)nc(C(=O)N3CC(c4ccc(F)cc4)C3)nc2o1. The number of rotatable bonds is 4. The van der Waals surface area contributed by atoms with Crippen molar-refractivity contribution in [2.24, 2.45) is 0 Å². The number of nitrogens with one attached hydrogen (secondary N) is 1. The molecule has 6 nitrogen and oxygen atoms in total. The van der Waals surface area contributed by atoms with E-state index in [0.29, 0.717) is 24.6 Å². The Morgan fingerprint density at radius 3 is 2.64 bits per heavy atom. The Kier molecular flexibility index (Phi) is 3.69. The van der Waals surface area contributed by atoms with Crippen molar-refractivity contribution in [3.63, 3.8) is 0 Å². The van der Waals surface area contributed by atoms with E-state index in [-0.39, 0.29) is 29.0 Å². The smallest absolute Gasteiger partial charge is 0.291 e. The van der Waals surface area contributed by atoms with Crippen LogP contribution in [0.5, 0.6) is 0 Å². The summed E-state index contributed by atoms with van der Waals surface area (Å²) in [7, 11) is 0. The zero-order valence-corrected chi connectivity index (χ0v) is 15.8. The van der Waals surface area contributed by atoms with Gasteiger partial charge in [-0.15, -0.1) is 0 Å². The minimum Gasteiger partial charge on any atom is -0.443 e. The van der Waals surface area contributed by atoms with Gasteiger partial charge in [-0.3, -0.25) is 4.79 Å². The Morgan fingerprint density at radius 2 is 1.96 bits per heavy atom. The number of carbonyl (C=O) groups excluding carboxylic acids is 1. The molecule has 1 aliphatic carbocycles. The van der Waals surface area contributed by atoms with Gasteiger partial charge in [0.05, 0.1) is 5.39 Å². The number of halogens is 1. The summed E-state index contributed by atoms with van der Waals surface area (Å²) in [6.45, 7) is 5.14. The lowest BCUT2D eigenvalue weighted by atomic mass is 9.91. The molecule has 7 heteroatoms. The molecule has 1 amide bonds. The number of hydrogen-bond acceptors (Lipinski definition) is 5. The lowest BCUT2D eigenvalue weighted by molar-refractivity contribution is 0.0589. The van der Waals surface area contributed by atoms with Gasteiger partial charge in [0.25, 0.3) is 5.91 Å². The monoisotopic (exact) mass is 380 g/mol. The predicted molar refractivity (Wildman–Crippen MR) is 103 cm³/mol. The number of aromatic nitrogens is 2. The van der Waals surface area contributed by atoms with Crippen LogP contribution in [-0.2, 0) is 0 Å². The molecular weight excluding hydrogens is 359 g/mol. The molecule has 0 bridgehead atoms. The third-order valence-electron chi connectivity index (χ3n) is 5.64. The number of hydrogen-bond donors (Lipinski definition) is 1. The van der Waals surface area contributed by atoms with Gasteiger partial charge in [0.15, 0.2) is 0 Å². The van der Waals surface area contributed by atoms with E-state index in [4.69, 9.17) is 4.42 Å². The number of nitrogens with zero attached hydrogens (tertiary/aromatic N) is 3. The molecule has 2 fully saturated rings. The maximum atomic E-state index is 13.1. The second-order valence-corrected chi connectivity index (χ2v) is 8.12. The maximum absolute atomic E-state index is 13.1. The van der Waals surface area contributed by atoms with E-state index in [9.17, 15) is 9.18 Å². The van der Waals surface area contributed by atoms with Crippen molar-refractivity contribution < 1.29 is 13.6 Å². The summed E-state index contributed by atoms with van der Waals surface area (Å²) >= 11 is 0. The topological polar surface area (TPSA) is 71.3 Å². The normalized spacial score (nSPS) is 18.2. The molecule has 3 aromatic rings. The second-order valence-electron chi connectivity index (χ2n) is 8.12. The molecule has 144 valence electrons. The van der Waals surface area contributed by atoms with Crippen LogP contribution >= 0.6 is 0 Å². The Morgan fingerprint density at radius 1 is 1.25 bits per heavy atom. The molecule has 1 aromatic carbocycles. The van der Waals surface area contributed by atoms with E-state index in [1.165, 1.54) is 12.1 Å². The molecule has 2 aromatic heterocycles. The van der Waals surface area contributed by atoms with Crippen LogP contribution in [-0.4, -0.2) is 39.4 Å². The fraction of sp³-hybridized carbons (Fsp3) is 0.381. The van der Waals surface area contributed by atoms with Crippen molar-refractivity contribution in [3.05, 3.63) is 53.3 Å². The second kappa shape index (κ2) is 6.02. The highest BCUT2D eigenvalue weighted by Crippen LogP contribution is 2.39. The van der Waals surface area contributed by atoms with Crippen molar-refractivity contribution in [3.8, 4) is 0 Å². The number of furan rings is 1. The fourth-order valence-corrected chi connectivity index (χ4v) is 3.56. The summed E-state index contributed by atoms with van der Waals surface area (Å²) in [4.78, 5) is 23.5. The van der Waals surface area contributed by atoms with E-state index in [2.05, 4.69) is 22.2 Å². The first-order chi connectivity index (χ1) is 13.4. The van der Waals surface area contributed by atoms with Crippen molar-refractivity contribution >= 4 is 22.8 Å². The van der Waals surface area contributed by atoms with Gasteiger partial charge >= 0.3 is 0 Å². The van der Waals surface area contributed by atoms with Gasteiger partial charge in [0.1, 0.15) is 17.4 Å². The fourth-order valence-electron chi connectivity index (χ4n) is 3.56. The van der Waals surface area contributed by atoms with Gasteiger partial charge in [-0.1, -0.05) is 12.1 Å². The van der Waals surface area contributed by atoms with E-state index in [0.717, 1.165) is 29.6 Å². The minimum atomic E-state index is -0.254. The summed E-state index contributed by atoms with van der Waals surface area (Å²) in [5, 5.41) is 4.24. The molecule has 1 aliphatic heterocycles. The molecule has 1 saturated carbocycles. The number of amides is 1. The highest BCUT2D eigenvalue weighted by molar-refractivity contribution is 5.96. The molecule has 0 radical (unpaired) electrons. The average molecular weight is 380 g/mol. The van der Waals surface area contributed by atoms with Crippen LogP contribution in [0.4, 0.5) is 10.2 Å². The Bertz CT molecular complexity index is 1070. The van der Waals surface area contributed by atoms with E-state index in [1.807, 2.05) is 13.0 Å². The third-order valence-corrected chi connectivity index (χ3v) is 5.64. The van der Waals surface area contributed by atoms with E-state index < -0.39 is 0 Å². The molecule has 1 saturated heterocycles. The van der Waals surface area contributed by atoms with Gasteiger partial charge in [-0.05, 0) is 50.5 Å². The quantitative estimate of drug-likeness (QED) is 0.744. The molecular formula is C21H21FN4O2. The van der Waals surface area contributed by atoms with Gasteiger partial charge in [-0.2, -0.15) is 4.98 Å². The molecule has 1 N–H and O–H groups in total.